The number of hydrogen-bond acceptors (Lipinski definition) is 6. The van der Waals surface area contributed by atoms with Gasteiger partial charge in [-0.25, -0.2) is 8.42 Å². The molecule has 0 radical (unpaired) electrons. The van der Waals surface area contributed by atoms with Crippen molar-refractivity contribution in [2.45, 2.75) is 35.3 Å². The highest BCUT2D eigenvalue weighted by atomic mass is 35.5. The van der Waals surface area contributed by atoms with Crippen LogP contribution in [0.3, 0.4) is 0 Å². The van der Waals surface area contributed by atoms with E-state index in [1.165, 1.54) is 11.3 Å². The van der Waals surface area contributed by atoms with E-state index in [1.807, 2.05) is 17.0 Å². The molecule has 4 unspecified atom stereocenters. The number of thiophene rings is 1. The van der Waals surface area contributed by atoms with Crippen LogP contribution in [0.1, 0.15) is 25.7 Å². The standard InChI is InChI=1S/C22H28ClN3O3S2/c23-18-4-3-15-10-21(30-19(15)11-18)31(28,29)22(26-8-7-25-20(27)13-26)16-1-2-17-12-24-6-5-14(17)9-16/h3-4,10-11,14,16-17,22,24H,1-2,5-9,12-13H2,(H,25,27). The fourth-order valence-electron chi connectivity index (χ4n) is 5.68. The van der Waals surface area contributed by atoms with Crippen LogP contribution in [0.4, 0.5) is 0 Å². The third kappa shape index (κ3) is 4.25. The molecule has 5 rings (SSSR count). The van der Waals surface area contributed by atoms with Crippen LogP contribution in [0.5, 0.6) is 0 Å². The largest absolute Gasteiger partial charge is 0.354 e. The number of piperazine rings is 1. The second-order valence-corrected chi connectivity index (χ2v) is 12.9. The number of carbonyl (C=O) groups is 1. The number of hydrogen-bond donors (Lipinski definition) is 2. The lowest BCUT2D eigenvalue weighted by molar-refractivity contribution is -0.124. The van der Waals surface area contributed by atoms with Gasteiger partial charge in [0.2, 0.25) is 15.7 Å². The Labute approximate surface area is 192 Å². The van der Waals surface area contributed by atoms with E-state index in [1.54, 1.807) is 12.1 Å². The number of fused-ring (bicyclic) bond motifs is 2. The Hall–Kier alpha value is -1.19. The van der Waals surface area contributed by atoms with Crippen LogP contribution in [0.2, 0.25) is 5.02 Å². The molecule has 0 spiro atoms. The molecule has 2 aromatic rings. The Morgan fingerprint density at radius 2 is 2.00 bits per heavy atom. The van der Waals surface area contributed by atoms with Gasteiger partial charge in [0.05, 0.1) is 6.54 Å². The third-order valence-corrected chi connectivity index (χ3v) is 11.2. The Morgan fingerprint density at radius 1 is 1.13 bits per heavy atom. The first kappa shape index (κ1) is 21.6. The number of rotatable bonds is 4. The number of amides is 1. The van der Waals surface area contributed by atoms with Crippen LogP contribution >= 0.6 is 22.9 Å². The maximum Gasteiger partial charge on any atom is 0.234 e. The number of nitrogens with one attached hydrogen (secondary N) is 2. The lowest BCUT2D eigenvalue weighted by atomic mass is 9.71. The molecule has 168 valence electrons. The van der Waals surface area contributed by atoms with Crippen molar-refractivity contribution in [3.05, 3.63) is 29.3 Å². The Balaban J connectivity index is 1.51. The van der Waals surface area contributed by atoms with Crippen LogP contribution in [-0.2, 0) is 14.6 Å². The minimum atomic E-state index is -3.63. The molecule has 31 heavy (non-hydrogen) atoms. The Morgan fingerprint density at radius 3 is 2.84 bits per heavy atom. The van der Waals surface area contributed by atoms with E-state index >= 15 is 0 Å². The van der Waals surface area contributed by atoms with Crippen LogP contribution < -0.4 is 10.6 Å². The van der Waals surface area contributed by atoms with Crippen LogP contribution in [-0.4, -0.2) is 57.3 Å². The highest BCUT2D eigenvalue weighted by molar-refractivity contribution is 7.94. The zero-order valence-corrected chi connectivity index (χ0v) is 19.7. The van der Waals surface area contributed by atoms with Crippen LogP contribution in [0.15, 0.2) is 28.5 Å². The number of piperidine rings is 1. The lowest BCUT2D eigenvalue weighted by Gasteiger charge is -2.45. The summed E-state index contributed by atoms with van der Waals surface area (Å²) in [5.41, 5.74) is 0. The predicted octanol–water partition coefficient (Wildman–Crippen LogP) is 3.11. The zero-order valence-electron chi connectivity index (χ0n) is 17.3. The molecule has 3 heterocycles. The molecule has 2 saturated heterocycles. The molecular formula is C22H28ClN3O3S2. The molecule has 6 nitrogen and oxygen atoms in total. The average Bonchev–Trinajstić information content (AvgIpc) is 3.18. The Kier molecular flexibility index (Phi) is 6.03. The molecule has 2 N–H and O–H groups in total. The molecule has 1 aliphatic carbocycles. The number of carbonyl (C=O) groups excluding carboxylic acids is 1. The van der Waals surface area contributed by atoms with E-state index in [4.69, 9.17) is 11.6 Å². The lowest BCUT2D eigenvalue weighted by Crippen LogP contribution is -2.57. The topological polar surface area (TPSA) is 78.5 Å². The molecule has 9 heteroatoms. The number of nitrogens with zero attached hydrogens (tertiary/aromatic N) is 1. The maximum absolute atomic E-state index is 14.0. The van der Waals surface area contributed by atoms with Gasteiger partial charge in [-0.05, 0) is 80.1 Å². The molecule has 3 aliphatic rings. The predicted molar refractivity (Wildman–Crippen MR) is 124 cm³/mol. The first-order valence-corrected chi connectivity index (χ1v) is 13.8. The van der Waals surface area contributed by atoms with Crippen molar-refractivity contribution in [1.82, 2.24) is 15.5 Å². The number of benzene rings is 1. The average molecular weight is 482 g/mol. The minimum Gasteiger partial charge on any atom is -0.354 e. The summed E-state index contributed by atoms with van der Waals surface area (Å²) in [7, 11) is -3.63. The van der Waals surface area contributed by atoms with Crippen molar-refractivity contribution >= 4 is 48.8 Å². The second-order valence-electron chi connectivity index (χ2n) is 9.09. The third-order valence-electron chi connectivity index (χ3n) is 7.17. The minimum absolute atomic E-state index is 0.0454. The van der Waals surface area contributed by atoms with Crippen molar-refractivity contribution in [1.29, 1.82) is 0 Å². The van der Waals surface area contributed by atoms with Gasteiger partial charge in [0, 0.05) is 22.8 Å². The summed E-state index contributed by atoms with van der Waals surface area (Å²) < 4.78 is 29.3. The van der Waals surface area contributed by atoms with E-state index in [0.717, 1.165) is 48.9 Å². The van der Waals surface area contributed by atoms with E-state index in [2.05, 4.69) is 10.6 Å². The van der Waals surface area contributed by atoms with E-state index in [-0.39, 0.29) is 18.4 Å². The van der Waals surface area contributed by atoms with Gasteiger partial charge in [0.1, 0.15) is 9.58 Å². The van der Waals surface area contributed by atoms with Crippen LogP contribution in [0.25, 0.3) is 10.1 Å². The van der Waals surface area contributed by atoms with Gasteiger partial charge < -0.3 is 10.6 Å². The van der Waals surface area contributed by atoms with Gasteiger partial charge in [0.25, 0.3) is 0 Å². The van der Waals surface area contributed by atoms with Gasteiger partial charge in [-0.2, -0.15) is 0 Å². The summed E-state index contributed by atoms with van der Waals surface area (Å²) in [6, 6.07) is 7.26. The zero-order chi connectivity index (χ0) is 21.6. The SMILES string of the molecule is O=C1CN(C(C2CCC3CNCCC3C2)S(=O)(=O)c2cc3ccc(Cl)cc3s2)CCN1. The highest BCUT2D eigenvalue weighted by Gasteiger charge is 2.45. The van der Waals surface area contributed by atoms with Gasteiger partial charge in [0.15, 0.2) is 0 Å². The molecule has 1 saturated carbocycles. The molecule has 0 bridgehead atoms. The Bertz CT molecular complexity index is 1090. The molecule has 3 fully saturated rings. The molecular weight excluding hydrogens is 454 g/mol. The van der Waals surface area contributed by atoms with Gasteiger partial charge in [-0.15, -0.1) is 11.3 Å². The summed E-state index contributed by atoms with van der Waals surface area (Å²) in [5.74, 6) is 1.16. The fourth-order valence-corrected chi connectivity index (χ4v) is 9.64. The van der Waals surface area contributed by atoms with Crippen molar-refractivity contribution in [3.63, 3.8) is 0 Å². The highest BCUT2D eigenvalue weighted by Crippen LogP contribution is 2.43. The number of sulfone groups is 1. The fraction of sp³-hybridized carbons (Fsp3) is 0.591. The molecule has 4 atom stereocenters. The van der Waals surface area contributed by atoms with Crippen LogP contribution in [0, 0.1) is 17.8 Å². The molecule has 1 amide bonds. The number of halogens is 1. The normalized spacial score (nSPS) is 28.8. The summed E-state index contributed by atoms with van der Waals surface area (Å²) in [6.07, 6.45) is 3.97. The summed E-state index contributed by atoms with van der Waals surface area (Å²) >= 11 is 7.42. The monoisotopic (exact) mass is 481 g/mol. The van der Waals surface area contributed by atoms with Crippen molar-refractivity contribution < 1.29 is 13.2 Å². The van der Waals surface area contributed by atoms with Gasteiger partial charge in [-0.3, -0.25) is 9.69 Å². The van der Waals surface area contributed by atoms with E-state index < -0.39 is 15.2 Å². The summed E-state index contributed by atoms with van der Waals surface area (Å²) in [6.45, 7) is 3.26. The first-order chi connectivity index (χ1) is 14.9. The van der Waals surface area contributed by atoms with Crippen molar-refractivity contribution in [3.8, 4) is 0 Å². The molecule has 1 aromatic carbocycles. The first-order valence-electron chi connectivity index (χ1n) is 11.1. The van der Waals surface area contributed by atoms with Crippen molar-refractivity contribution in [2.24, 2.45) is 17.8 Å². The van der Waals surface area contributed by atoms with Gasteiger partial charge in [-0.1, -0.05) is 17.7 Å². The van der Waals surface area contributed by atoms with Crippen molar-refractivity contribution in [2.75, 3.05) is 32.7 Å². The van der Waals surface area contributed by atoms with E-state index in [0.29, 0.717) is 34.2 Å². The maximum atomic E-state index is 14.0. The smallest absolute Gasteiger partial charge is 0.234 e. The second kappa shape index (κ2) is 8.63. The molecule has 2 aliphatic heterocycles. The van der Waals surface area contributed by atoms with E-state index in [9.17, 15) is 13.2 Å². The quantitative estimate of drug-likeness (QED) is 0.701. The van der Waals surface area contributed by atoms with Gasteiger partial charge >= 0.3 is 0 Å². The molecule has 1 aromatic heterocycles. The summed E-state index contributed by atoms with van der Waals surface area (Å²) in [4.78, 5) is 14.1. The summed E-state index contributed by atoms with van der Waals surface area (Å²) in [5, 5.41) is 7.16.